The van der Waals surface area contributed by atoms with Crippen LogP contribution < -0.4 is 5.32 Å². The van der Waals surface area contributed by atoms with Gasteiger partial charge in [-0.2, -0.15) is 5.10 Å². The number of ether oxygens (including phenoxy) is 1. The molecule has 0 aliphatic carbocycles. The number of rotatable bonds is 6. The minimum Gasteiger partial charge on any atom is -0.383 e. The highest BCUT2D eigenvalue weighted by Crippen LogP contribution is 2.03. The normalized spacial score (nSPS) is 10.9. The molecule has 1 aromatic rings. The molecule has 0 saturated heterocycles. The second-order valence-electron chi connectivity index (χ2n) is 3.73. The fourth-order valence-corrected chi connectivity index (χ4v) is 1.07. The SMILES string of the molecule is COCCn1ccc(NCC(C)C)n1. The smallest absolute Gasteiger partial charge is 0.147 e. The molecule has 0 bridgehead atoms. The van der Waals surface area contributed by atoms with Crippen LogP contribution in [0.15, 0.2) is 12.3 Å². The molecular weight excluding hydrogens is 178 g/mol. The summed E-state index contributed by atoms with van der Waals surface area (Å²) >= 11 is 0. The number of nitrogens with zero attached hydrogens (tertiary/aromatic N) is 2. The first kappa shape index (κ1) is 11.0. The standard InChI is InChI=1S/C10H19N3O/c1-9(2)8-11-10-4-5-13(12-10)6-7-14-3/h4-5,9H,6-8H2,1-3H3,(H,11,12). The van der Waals surface area contributed by atoms with Gasteiger partial charge in [0, 0.05) is 25.9 Å². The van der Waals surface area contributed by atoms with Crippen molar-refractivity contribution in [3.8, 4) is 0 Å². The number of hydrogen-bond donors (Lipinski definition) is 1. The van der Waals surface area contributed by atoms with Gasteiger partial charge < -0.3 is 10.1 Å². The lowest BCUT2D eigenvalue weighted by Crippen LogP contribution is -2.09. The van der Waals surface area contributed by atoms with Crippen molar-refractivity contribution < 1.29 is 4.74 Å². The van der Waals surface area contributed by atoms with Gasteiger partial charge in [-0.3, -0.25) is 4.68 Å². The fraction of sp³-hybridized carbons (Fsp3) is 0.700. The Hall–Kier alpha value is -1.03. The van der Waals surface area contributed by atoms with E-state index in [9.17, 15) is 0 Å². The van der Waals surface area contributed by atoms with Gasteiger partial charge >= 0.3 is 0 Å². The van der Waals surface area contributed by atoms with Crippen molar-refractivity contribution in [2.75, 3.05) is 25.6 Å². The molecule has 80 valence electrons. The molecule has 1 aromatic heterocycles. The van der Waals surface area contributed by atoms with E-state index in [0.717, 1.165) is 18.9 Å². The van der Waals surface area contributed by atoms with Crippen LogP contribution in [0.1, 0.15) is 13.8 Å². The average Bonchev–Trinajstić information content (AvgIpc) is 2.59. The van der Waals surface area contributed by atoms with E-state index in [2.05, 4.69) is 24.3 Å². The van der Waals surface area contributed by atoms with Crippen molar-refractivity contribution in [3.05, 3.63) is 12.3 Å². The summed E-state index contributed by atoms with van der Waals surface area (Å²) in [5, 5.41) is 7.61. The maximum absolute atomic E-state index is 4.97. The predicted molar refractivity (Wildman–Crippen MR) is 57.4 cm³/mol. The fourth-order valence-electron chi connectivity index (χ4n) is 1.07. The third-order valence-corrected chi connectivity index (χ3v) is 1.86. The Bertz CT molecular complexity index is 258. The Kier molecular flexibility index (Phi) is 4.46. The van der Waals surface area contributed by atoms with Crippen LogP contribution in [0.5, 0.6) is 0 Å². The van der Waals surface area contributed by atoms with Crippen LogP contribution in [-0.2, 0) is 11.3 Å². The van der Waals surface area contributed by atoms with Crippen LogP contribution in [0.3, 0.4) is 0 Å². The summed E-state index contributed by atoms with van der Waals surface area (Å²) in [5.74, 6) is 1.58. The van der Waals surface area contributed by atoms with E-state index < -0.39 is 0 Å². The molecule has 1 N–H and O–H groups in total. The largest absolute Gasteiger partial charge is 0.383 e. The second-order valence-corrected chi connectivity index (χ2v) is 3.73. The molecule has 0 aromatic carbocycles. The number of nitrogens with one attached hydrogen (secondary N) is 1. The van der Waals surface area contributed by atoms with E-state index in [1.54, 1.807) is 7.11 Å². The minimum absolute atomic E-state index is 0.638. The van der Waals surface area contributed by atoms with Crippen LogP contribution in [0, 0.1) is 5.92 Å². The molecule has 0 radical (unpaired) electrons. The van der Waals surface area contributed by atoms with Gasteiger partial charge in [0.1, 0.15) is 5.82 Å². The van der Waals surface area contributed by atoms with Gasteiger partial charge in [0.25, 0.3) is 0 Å². The van der Waals surface area contributed by atoms with Crippen molar-refractivity contribution in [2.24, 2.45) is 5.92 Å². The van der Waals surface area contributed by atoms with E-state index in [1.807, 2.05) is 16.9 Å². The number of methoxy groups -OCH3 is 1. The van der Waals surface area contributed by atoms with Crippen LogP contribution in [-0.4, -0.2) is 30.0 Å². The first-order valence-electron chi connectivity index (χ1n) is 4.98. The van der Waals surface area contributed by atoms with Gasteiger partial charge in [0.15, 0.2) is 0 Å². The molecule has 1 heterocycles. The molecule has 0 spiro atoms. The van der Waals surface area contributed by atoms with Crippen molar-refractivity contribution in [1.82, 2.24) is 9.78 Å². The van der Waals surface area contributed by atoms with Crippen LogP contribution in [0.2, 0.25) is 0 Å². The lowest BCUT2D eigenvalue weighted by Gasteiger charge is -2.05. The van der Waals surface area contributed by atoms with Crippen LogP contribution in [0.25, 0.3) is 0 Å². The molecule has 14 heavy (non-hydrogen) atoms. The minimum atomic E-state index is 0.638. The Morgan fingerprint density at radius 2 is 2.36 bits per heavy atom. The zero-order valence-corrected chi connectivity index (χ0v) is 9.16. The quantitative estimate of drug-likeness (QED) is 0.753. The zero-order chi connectivity index (χ0) is 10.4. The maximum Gasteiger partial charge on any atom is 0.147 e. The summed E-state index contributed by atoms with van der Waals surface area (Å²) in [6, 6.07) is 1.98. The van der Waals surface area contributed by atoms with Crippen molar-refractivity contribution in [2.45, 2.75) is 20.4 Å². The highest BCUT2D eigenvalue weighted by Gasteiger charge is 1.98. The van der Waals surface area contributed by atoms with Gasteiger partial charge in [0.2, 0.25) is 0 Å². The lowest BCUT2D eigenvalue weighted by atomic mass is 10.2. The Morgan fingerprint density at radius 1 is 1.57 bits per heavy atom. The van der Waals surface area contributed by atoms with Gasteiger partial charge in [-0.05, 0) is 5.92 Å². The summed E-state index contributed by atoms with van der Waals surface area (Å²) in [5.41, 5.74) is 0. The van der Waals surface area contributed by atoms with Crippen molar-refractivity contribution in [3.63, 3.8) is 0 Å². The first-order chi connectivity index (χ1) is 6.72. The van der Waals surface area contributed by atoms with E-state index in [4.69, 9.17) is 4.74 Å². The molecule has 0 saturated carbocycles. The molecule has 0 amide bonds. The summed E-state index contributed by atoms with van der Waals surface area (Å²) in [7, 11) is 1.70. The Morgan fingerprint density at radius 3 is 3.00 bits per heavy atom. The van der Waals surface area contributed by atoms with E-state index in [0.29, 0.717) is 12.5 Å². The molecule has 4 heteroatoms. The summed E-state index contributed by atoms with van der Waals surface area (Å²) in [6.07, 6.45) is 1.96. The highest BCUT2D eigenvalue weighted by atomic mass is 16.5. The molecule has 0 aliphatic heterocycles. The third-order valence-electron chi connectivity index (χ3n) is 1.86. The topological polar surface area (TPSA) is 39.1 Å². The lowest BCUT2D eigenvalue weighted by molar-refractivity contribution is 0.183. The Labute approximate surface area is 85.3 Å². The highest BCUT2D eigenvalue weighted by molar-refractivity contribution is 5.31. The molecule has 0 aliphatic rings. The van der Waals surface area contributed by atoms with Gasteiger partial charge in [-0.15, -0.1) is 0 Å². The Balaban J connectivity index is 2.35. The van der Waals surface area contributed by atoms with Gasteiger partial charge in [-0.1, -0.05) is 13.8 Å². The summed E-state index contributed by atoms with van der Waals surface area (Å²) in [6.45, 7) is 6.82. The second kappa shape index (κ2) is 5.65. The van der Waals surface area contributed by atoms with Crippen molar-refractivity contribution >= 4 is 5.82 Å². The van der Waals surface area contributed by atoms with E-state index in [1.165, 1.54) is 0 Å². The summed E-state index contributed by atoms with van der Waals surface area (Å²) in [4.78, 5) is 0. The average molecular weight is 197 g/mol. The molecule has 0 atom stereocenters. The molecule has 1 rings (SSSR count). The third kappa shape index (κ3) is 3.79. The first-order valence-corrected chi connectivity index (χ1v) is 4.98. The predicted octanol–water partition coefficient (Wildman–Crippen LogP) is 1.60. The van der Waals surface area contributed by atoms with E-state index >= 15 is 0 Å². The molecule has 0 unspecified atom stereocenters. The summed E-state index contributed by atoms with van der Waals surface area (Å²) < 4.78 is 6.85. The monoisotopic (exact) mass is 197 g/mol. The number of anilines is 1. The van der Waals surface area contributed by atoms with Gasteiger partial charge in [-0.25, -0.2) is 0 Å². The zero-order valence-electron chi connectivity index (χ0n) is 9.16. The molecular formula is C10H19N3O. The number of hydrogen-bond acceptors (Lipinski definition) is 3. The van der Waals surface area contributed by atoms with Crippen molar-refractivity contribution in [1.29, 1.82) is 0 Å². The maximum atomic E-state index is 4.97. The van der Waals surface area contributed by atoms with Gasteiger partial charge in [0.05, 0.1) is 13.2 Å². The molecule has 4 nitrogen and oxygen atoms in total. The van der Waals surface area contributed by atoms with Crippen LogP contribution in [0.4, 0.5) is 5.82 Å². The number of aromatic nitrogens is 2. The van der Waals surface area contributed by atoms with E-state index in [-0.39, 0.29) is 0 Å². The van der Waals surface area contributed by atoms with Crippen LogP contribution >= 0.6 is 0 Å². The molecule has 0 fully saturated rings.